The van der Waals surface area contributed by atoms with E-state index >= 15 is 0 Å². The largest absolute Gasteiger partial charge is 0.355 e. The van der Waals surface area contributed by atoms with E-state index in [2.05, 4.69) is 5.32 Å². The van der Waals surface area contributed by atoms with Gasteiger partial charge in [-0.15, -0.1) is 0 Å². The Morgan fingerprint density at radius 3 is 2.27 bits per heavy atom. The Balaban J connectivity index is 2.07. The predicted octanol–water partition coefficient (Wildman–Crippen LogP) is 4.19. The van der Waals surface area contributed by atoms with E-state index in [0.717, 1.165) is 9.87 Å². The van der Waals surface area contributed by atoms with Gasteiger partial charge in [-0.3, -0.25) is 13.9 Å². The fraction of sp³-hybridized carbons (Fsp3) is 0.286. The molecule has 0 aliphatic heterocycles. The molecule has 0 bridgehead atoms. The zero-order chi connectivity index (χ0) is 27.2. The number of amides is 2. The number of hydrogen-bond acceptors (Lipinski definition) is 4. The standard InChI is InChI=1S/C28H32FN3O4S/c1-5-30-28(34)22(4)31(18-23-11-9-10-14-25(23)29)27(33)19-32(26-17-20(2)15-16-21(26)3)37(35,36)24-12-7-6-8-13-24/h6-17,22H,5,18-19H2,1-4H3,(H,30,34)/t22-/m1/s1. The molecule has 2 amide bonds. The summed E-state index contributed by atoms with van der Waals surface area (Å²) in [5.41, 5.74) is 2.06. The molecule has 0 heterocycles. The smallest absolute Gasteiger partial charge is 0.264 e. The van der Waals surface area contributed by atoms with Gasteiger partial charge < -0.3 is 10.2 Å². The van der Waals surface area contributed by atoms with Gasteiger partial charge in [-0.1, -0.05) is 48.5 Å². The monoisotopic (exact) mass is 525 g/mol. The highest BCUT2D eigenvalue weighted by molar-refractivity contribution is 7.92. The van der Waals surface area contributed by atoms with E-state index in [1.807, 2.05) is 13.0 Å². The van der Waals surface area contributed by atoms with Crippen LogP contribution in [0.15, 0.2) is 77.7 Å². The maximum absolute atomic E-state index is 14.5. The van der Waals surface area contributed by atoms with Gasteiger partial charge in [0.15, 0.2) is 0 Å². The van der Waals surface area contributed by atoms with Crippen molar-refractivity contribution < 1.29 is 22.4 Å². The average molecular weight is 526 g/mol. The zero-order valence-corrected chi connectivity index (χ0v) is 22.3. The molecule has 0 unspecified atom stereocenters. The number of nitrogens with one attached hydrogen (secondary N) is 1. The minimum Gasteiger partial charge on any atom is -0.355 e. The molecule has 0 saturated heterocycles. The van der Waals surface area contributed by atoms with E-state index in [0.29, 0.717) is 17.8 Å². The summed E-state index contributed by atoms with van der Waals surface area (Å²) in [5, 5.41) is 2.68. The summed E-state index contributed by atoms with van der Waals surface area (Å²) in [7, 11) is -4.15. The molecule has 3 rings (SSSR count). The normalized spacial score (nSPS) is 12.0. The van der Waals surface area contributed by atoms with Gasteiger partial charge in [-0.25, -0.2) is 12.8 Å². The lowest BCUT2D eigenvalue weighted by Crippen LogP contribution is -2.51. The summed E-state index contributed by atoms with van der Waals surface area (Å²) in [6.45, 7) is 6.47. The molecule has 7 nitrogen and oxygen atoms in total. The Morgan fingerprint density at radius 1 is 0.973 bits per heavy atom. The van der Waals surface area contributed by atoms with E-state index in [-0.39, 0.29) is 17.0 Å². The molecule has 0 radical (unpaired) electrons. The lowest BCUT2D eigenvalue weighted by atomic mass is 10.1. The number of anilines is 1. The summed E-state index contributed by atoms with van der Waals surface area (Å²) in [5.74, 6) is -1.58. The fourth-order valence-corrected chi connectivity index (χ4v) is 5.43. The minimum atomic E-state index is -4.15. The van der Waals surface area contributed by atoms with Gasteiger partial charge >= 0.3 is 0 Å². The lowest BCUT2D eigenvalue weighted by Gasteiger charge is -2.32. The number of hydrogen-bond donors (Lipinski definition) is 1. The van der Waals surface area contributed by atoms with E-state index in [1.165, 1.54) is 42.2 Å². The maximum Gasteiger partial charge on any atom is 0.264 e. The molecule has 1 N–H and O–H groups in total. The van der Waals surface area contributed by atoms with Crippen LogP contribution in [0.25, 0.3) is 0 Å². The summed E-state index contributed by atoms with van der Waals surface area (Å²) in [4.78, 5) is 27.7. The Kier molecular flexibility index (Phi) is 9.04. The zero-order valence-electron chi connectivity index (χ0n) is 21.4. The highest BCUT2D eigenvalue weighted by Gasteiger charge is 2.33. The van der Waals surface area contributed by atoms with Crippen LogP contribution >= 0.6 is 0 Å². The second kappa shape index (κ2) is 12.0. The molecule has 9 heteroatoms. The number of halogens is 1. The Bertz CT molecular complexity index is 1360. The molecule has 0 aliphatic carbocycles. The first-order valence-corrected chi connectivity index (χ1v) is 13.5. The van der Waals surface area contributed by atoms with Crippen LogP contribution in [0.5, 0.6) is 0 Å². The van der Waals surface area contributed by atoms with Gasteiger partial charge in [0.2, 0.25) is 11.8 Å². The van der Waals surface area contributed by atoms with Gasteiger partial charge in [-0.05, 0) is 63.1 Å². The van der Waals surface area contributed by atoms with Crippen molar-refractivity contribution >= 4 is 27.5 Å². The van der Waals surface area contributed by atoms with Gasteiger partial charge in [0.05, 0.1) is 10.6 Å². The van der Waals surface area contributed by atoms with Gasteiger partial charge in [0.25, 0.3) is 10.0 Å². The number of sulfonamides is 1. The average Bonchev–Trinajstić information content (AvgIpc) is 2.88. The summed E-state index contributed by atoms with van der Waals surface area (Å²) in [6, 6.07) is 18.2. The van der Waals surface area contributed by atoms with Crippen molar-refractivity contribution in [3.05, 3.63) is 95.3 Å². The topological polar surface area (TPSA) is 86.8 Å². The van der Waals surface area contributed by atoms with Crippen LogP contribution in [0.2, 0.25) is 0 Å². The second-order valence-corrected chi connectivity index (χ2v) is 10.7. The molecule has 3 aromatic carbocycles. The number of carbonyl (C=O) groups excluding carboxylic acids is 2. The van der Waals surface area contributed by atoms with Crippen molar-refractivity contribution in [1.29, 1.82) is 0 Å². The van der Waals surface area contributed by atoms with Crippen molar-refractivity contribution in [3.63, 3.8) is 0 Å². The maximum atomic E-state index is 14.5. The molecule has 37 heavy (non-hydrogen) atoms. The summed E-state index contributed by atoms with van der Waals surface area (Å²) in [6.07, 6.45) is 0. The first kappa shape index (κ1) is 27.9. The number of aryl methyl sites for hydroxylation is 2. The second-order valence-electron chi connectivity index (χ2n) is 8.80. The van der Waals surface area contributed by atoms with Crippen LogP contribution in [0.4, 0.5) is 10.1 Å². The quantitative estimate of drug-likeness (QED) is 0.430. The van der Waals surface area contributed by atoms with Crippen molar-refractivity contribution in [1.82, 2.24) is 10.2 Å². The first-order valence-electron chi connectivity index (χ1n) is 12.0. The molecule has 0 aromatic heterocycles. The van der Waals surface area contributed by atoms with Crippen molar-refractivity contribution in [3.8, 4) is 0 Å². The number of rotatable bonds is 10. The van der Waals surface area contributed by atoms with E-state index in [9.17, 15) is 22.4 Å². The van der Waals surface area contributed by atoms with Gasteiger partial charge in [-0.2, -0.15) is 0 Å². The SMILES string of the molecule is CCNC(=O)[C@@H](C)N(Cc1ccccc1F)C(=O)CN(c1cc(C)ccc1C)S(=O)(=O)c1ccccc1. The van der Waals surface area contributed by atoms with Crippen molar-refractivity contribution in [2.24, 2.45) is 0 Å². The van der Waals surface area contributed by atoms with Crippen LogP contribution < -0.4 is 9.62 Å². The molecule has 0 saturated carbocycles. The van der Waals surface area contributed by atoms with Crippen LogP contribution in [0.1, 0.15) is 30.5 Å². The van der Waals surface area contributed by atoms with Crippen LogP contribution in [0, 0.1) is 19.7 Å². The molecular formula is C28H32FN3O4S. The number of nitrogens with zero attached hydrogens (tertiary/aromatic N) is 2. The fourth-order valence-electron chi connectivity index (χ4n) is 3.94. The number of likely N-dealkylation sites (N-methyl/N-ethyl adjacent to an activating group) is 1. The Morgan fingerprint density at radius 2 is 1.62 bits per heavy atom. The molecule has 3 aromatic rings. The third-order valence-electron chi connectivity index (χ3n) is 6.06. The number of carbonyl (C=O) groups is 2. The van der Waals surface area contributed by atoms with Gasteiger partial charge in [0.1, 0.15) is 18.4 Å². The van der Waals surface area contributed by atoms with Crippen LogP contribution in [0.3, 0.4) is 0 Å². The molecule has 0 fully saturated rings. The third-order valence-corrected chi connectivity index (χ3v) is 7.83. The van der Waals surface area contributed by atoms with Crippen molar-refractivity contribution in [2.45, 2.75) is 45.2 Å². The summed E-state index contributed by atoms with van der Waals surface area (Å²) < 4.78 is 43.2. The number of benzene rings is 3. The highest BCUT2D eigenvalue weighted by Crippen LogP contribution is 2.28. The predicted molar refractivity (Wildman–Crippen MR) is 142 cm³/mol. The Labute approximate surface area is 218 Å². The van der Waals surface area contributed by atoms with Crippen LogP contribution in [-0.4, -0.2) is 44.3 Å². The van der Waals surface area contributed by atoms with Gasteiger partial charge in [0, 0.05) is 18.7 Å². The van der Waals surface area contributed by atoms with Crippen molar-refractivity contribution in [2.75, 3.05) is 17.4 Å². The van der Waals surface area contributed by atoms with E-state index in [1.54, 1.807) is 50.2 Å². The highest BCUT2D eigenvalue weighted by atomic mass is 32.2. The third kappa shape index (κ3) is 6.54. The molecular weight excluding hydrogens is 493 g/mol. The van der Waals surface area contributed by atoms with Crippen LogP contribution in [-0.2, 0) is 26.2 Å². The molecule has 1 atom stereocenters. The Hall–Kier alpha value is -3.72. The first-order chi connectivity index (χ1) is 17.6. The van der Waals surface area contributed by atoms with E-state index in [4.69, 9.17) is 0 Å². The minimum absolute atomic E-state index is 0.0288. The molecule has 0 aliphatic rings. The molecule has 196 valence electrons. The summed E-state index contributed by atoms with van der Waals surface area (Å²) >= 11 is 0. The van der Waals surface area contributed by atoms with E-state index < -0.39 is 40.2 Å². The molecule has 0 spiro atoms. The lowest BCUT2D eigenvalue weighted by molar-refractivity contribution is -0.139.